The zero-order valence-corrected chi connectivity index (χ0v) is 13.7. The second-order valence-corrected chi connectivity index (χ2v) is 6.25. The highest BCUT2D eigenvalue weighted by atomic mass is 15.4. The molecule has 0 saturated heterocycles. The average Bonchev–Trinajstić information content (AvgIpc) is 3.08. The third-order valence-electron chi connectivity index (χ3n) is 4.78. The summed E-state index contributed by atoms with van der Waals surface area (Å²) in [6, 6.07) is 19.9. The number of guanidine groups is 1. The van der Waals surface area contributed by atoms with Crippen molar-refractivity contribution in [3.8, 4) is 0 Å². The van der Waals surface area contributed by atoms with E-state index in [1.165, 1.54) is 29.7 Å². The molecule has 118 valence electrons. The number of anilines is 1. The normalized spacial score (nSPS) is 19.3. The SMILES string of the molecule is CCCCN1C2=NCCN2C(c2ccccc2)c2ccccc21. The number of hydrogen-bond acceptors (Lipinski definition) is 3. The number of aliphatic imine (C=N–C) groups is 1. The summed E-state index contributed by atoms with van der Waals surface area (Å²) in [7, 11) is 0. The zero-order valence-electron chi connectivity index (χ0n) is 13.7. The summed E-state index contributed by atoms with van der Waals surface area (Å²) in [4.78, 5) is 9.74. The molecule has 1 atom stereocenters. The quantitative estimate of drug-likeness (QED) is 0.848. The second-order valence-electron chi connectivity index (χ2n) is 6.25. The van der Waals surface area contributed by atoms with E-state index in [1.54, 1.807) is 0 Å². The van der Waals surface area contributed by atoms with Crippen LogP contribution in [0.3, 0.4) is 0 Å². The molecule has 0 spiro atoms. The molecule has 0 aromatic heterocycles. The van der Waals surface area contributed by atoms with Gasteiger partial charge >= 0.3 is 0 Å². The standard InChI is InChI=1S/C20H23N3/c1-2-3-14-22-18-12-8-7-11-17(18)19(16-9-5-4-6-10-16)23-15-13-21-20(22)23/h4-12,19H,2-3,13-15H2,1H3. The highest BCUT2D eigenvalue weighted by molar-refractivity contribution is 6.00. The second kappa shape index (κ2) is 6.07. The number of nitrogens with zero attached hydrogens (tertiary/aromatic N) is 3. The molecule has 23 heavy (non-hydrogen) atoms. The first-order chi connectivity index (χ1) is 11.4. The fourth-order valence-electron chi connectivity index (χ4n) is 3.71. The van der Waals surface area contributed by atoms with E-state index in [2.05, 4.69) is 71.3 Å². The molecule has 0 radical (unpaired) electrons. The van der Waals surface area contributed by atoms with Crippen LogP contribution >= 0.6 is 0 Å². The van der Waals surface area contributed by atoms with Crippen LogP contribution in [0, 0.1) is 0 Å². The third-order valence-corrected chi connectivity index (χ3v) is 4.78. The predicted molar refractivity (Wildman–Crippen MR) is 96.0 cm³/mol. The lowest BCUT2D eigenvalue weighted by Gasteiger charge is -2.43. The van der Waals surface area contributed by atoms with E-state index in [0.29, 0.717) is 0 Å². The van der Waals surface area contributed by atoms with Gasteiger partial charge < -0.3 is 9.80 Å². The molecule has 3 heteroatoms. The molecule has 2 heterocycles. The summed E-state index contributed by atoms with van der Waals surface area (Å²) >= 11 is 0. The molecule has 3 nitrogen and oxygen atoms in total. The van der Waals surface area contributed by atoms with Crippen LogP contribution in [0.15, 0.2) is 59.6 Å². The van der Waals surface area contributed by atoms with Gasteiger partial charge in [0.15, 0.2) is 0 Å². The van der Waals surface area contributed by atoms with Crippen LogP contribution in [0.1, 0.15) is 36.9 Å². The molecule has 0 fully saturated rings. The highest BCUT2D eigenvalue weighted by Crippen LogP contribution is 2.41. The Hall–Kier alpha value is -2.29. The van der Waals surface area contributed by atoms with E-state index in [-0.39, 0.29) is 6.04 Å². The summed E-state index contributed by atoms with van der Waals surface area (Å²) < 4.78 is 0. The smallest absolute Gasteiger partial charge is 0.202 e. The van der Waals surface area contributed by atoms with Crippen molar-refractivity contribution in [2.75, 3.05) is 24.5 Å². The van der Waals surface area contributed by atoms with E-state index < -0.39 is 0 Å². The van der Waals surface area contributed by atoms with Gasteiger partial charge in [0.2, 0.25) is 5.96 Å². The minimum absolute atomic E-state index is 0.284. The van der Waals surface area contributed by atoms with Crippen molar-refractivity contribution in [1.29, 1.82) is 0 Å². The van der Waals surface area contributed by atoms with Crippen molar-refractivity contribution < 1.29 is 0 Å². The average molecular weight is 305 g/mol. The van der Waals surface area contributed by atoms with Crippen LogP contribution in [0.25, 0.3) is 0 Å². The maximum Gasteiger partial charge on any atom is 0.202 e. The third kappa shape index (κ3) is 2.40. The van der Waals surface area contributed by atoms with Gasteiger partial charge in [-0.2, -0.15) is 0 Å². The van der Waals surface area contributed by atoms with Gasteiger partial charge in [-0.05, 0) is 18.1 Å². The first-order valence-electron chi connectivity index (χ1n) is 8.62. The first-order valence-corrected chi connectivity index (χ1v) is 8.62. The molecule has 2 aliphatic heterocycles. The molecule has 2 aromatic carbocycles. The number of benzene rings is 2. The predicted octanol–water partition coefficient (Wildman–Crippen LogP) is 4.07. The fourth-order valence-corrected chi connectivity index (χ4v) is 3.71. The topological polar surface area (TPSA) is 18.8 Å². The number of fused-ring (bicyclic) bond motifs is 2. The Bertz CT molecular complexity index is 708. The van der Waals surface area contributed by atoms with Gasteiger partial charge in [-0.1, -0.05) is 61.9 Å². The molecule has 0 bridgehead atoms. The van der Waals surface area contributed by atoms with Crippen LogP contribution in [0.2, 0.25) is 0 Å². The Morgan fingerprint density at radius 2 is 1.83 bits per heavy atom. The van der Waals surface area contributed by atoms with Gasteiger partial charge in [-0.3, -0.25) is 4.99 Å². The van der Waals surface area contributed by atoms with Gasteiger partial charge in [0, 0.05) is 24.3 Å². The summed E-state index contributed by atoms with van der Waals surface area (Å²) in [5.74, 6) is 1.16. The highest BCUT2D eigenvalue weighted by Gasteiger charge is 2.38. The molecular formula is C20H23N3. The van der Waals surface area contributed by atoms with E-state index in [9.17, 15) is 0 Å². The Balaban J connectivity index is 1.83. The molecule has 0 amide bonds. The van der Waals surface area contributed by atoms with E-state index in [0.717, 1.165) is 25.6 Å². The minimum Gasteiger partial charge on any atom is -0.329 e. The van der Waals surface area contributed by atoms with Gasteiger partial charge in [0.1, 0.15) is 0 Å². The van der Waals surface area contributed by atoms with Crippen molar-refractivity contribution in [3.05, 3.63) is 65.7 Å². The van der Waals surface area contributed by atoms with E-state index >= 15 is 0 Å². The number of rotatable bonds is 4. The summed E-state index contributed by atoms with van der Waals surface area (Å²) in [5, 5.41) is 0. The van der Waals surface area contributed by atoms with Crippen molar-refractivity contribution in [1.82, 2.24) is 4.90 Å². The maximum absolute atomic E-state index is 4.84. The molecular weight excluding hydrogens is 282 g/mol. The molecule has 4 rings (SSSR count). The number of hydrogen-bond donors (Lipinski definition) is 0. The number of unbranched alkanes of at least 4 members (excludes halogenated alkanes) is 1. The summed E-state index contributed by atoms with van der Waals surface area (Å²) in [5.41, 5.74) is 4.08. The fraction of sp³-hybridized carbons (Fsp3) is 0.350. The van der Waals surface area contributed by atoms with E-state index in [1.807, 2.05) is 0 Å². The molecule has 2 aliphatic rings. The van der Waals surface area contributed by atoms with Crippen molar-refractivity contribution in [2.45, 2.75) is 25.8 Å². The Kier molecular flexibility index (Phi) is 3.78. The van der Waals surface area contributed by atoms with Crippen LogP contribution < -0.4 is 4.90 Å². The Labute approximate surface area is 138 Å². The summed E-state index contributed by atoms with van der Waals surface area (Å²) in [6.07, 6.45) is 2.39. The molecule has 0 N–H and O–H groups in total. The maximum atomic E-state index is 4.84. The Morgan fingerprint density at radius 1 is 1.04 bits per heavy atom. The van der Waals surface area contributed by atoms with Gasteiger partial charge in [-0.15, -0.1) is 0 Å². The van der Waals surface area contributed by atoms with Crippen LogP contribution in [0.5, 0.6) is 0 Å². The van der Waals surface area contributed by atoms with Crippen molar-refractivity contribution in [2.24, 2.45) is 4.99 Å². The van der Waals surface area contributed by atoms with Gasteiger partial charge in [0.25, 0.3) is 0 Å². The van der Waals surface area contributed by atoms with Crippen LogP contribution in [0.4, 0.5) is 5.69 Å². The number of para-hydroxylation sites is 1. The lowest BCUT2D eigenvalue weighted by molar-refractivity contribution is 0.373. The molecule has 0 saturated carbocycles. The van der Waals surface area contributed by atoms with Gasteiger partial charge in [0.05, 0.1) is 12.6 Å². The molecule has 1 unspecified atom stereocenters. The Morgan fingerprint density at radius 3 is 2.65 bits per heavy atom. The van der Waals surface area contributed by atoms with Crippen molar-refractivity contribution in [3.63, 3.8) is 0 Å². The lowest BCUT2D eigenvalue weighted by Crippen LogP contribution is -2.49. The largest absolute Gasteiger partial charge is 0.329 e. The summed E-state index contributed by atoms with van der Waals surface area (Å²) in [6.45, 7) is 5.20. The van der Waals surface area contributed by atoms with E-state index in [4.69, 9.17) is 4.99 Å². The van der Waals surface area contributed by atoms with Crippen LogP contribution in [-0.2, 0) is 0 Å². The molecule has 2 aromatic rings. The van der Waals surface area contributed by atoms with Gasteiger partial charge in [-0.25, -0.2) is 0 Å². The molecule has 0 aliphatic carbocycles. The minimum atomic E-state index is 0.284. The van der Waals surface area contributed by atoms with Crippen molar-refractivity contribution >= 4 is 11.6 Å². The first kappa shape index (κ1) is 14.3. The van der Waals surface area contributed by atoms with Crippen LogP contribution in [-0.4, -0.2) is 30.5 Å². The monoisotopic (exact) mass is 305 g/mol. The zero-order chi connectivity index (χ0) is 15.6. The lowest BCUT2D eigenvalue weighted by atomic mass is 9.93.